The first-order valence-corrected chi connectivity index (χ1v) is 4.97. The minimum Gasteiger partial charge on any atom is -0.489 e. The van der Waals surface area contributed by atoms with Crippen molar-refractivity contribution in [3.63, 3.8) is 0 Å². The molecule has 3 heteroatoms. The third-order valence-electron chi connectivity index (χ3n) is 2.24. The number of anilines is 1. The summed E-state index contributed by atoms with van der Waals surface area (Å²) < 4.78 is 18.4. The molecule has 0 aromatic heterocycles. The molecule has 0 aliphatic heterocycles. The van der Waals surface area contributed by atoms with Crippen LogP contribution in [-0.2, 0) is 6.61 Å². The average Bonchev–Trinajstić information content (AvgIpc) is 2.32. The zero-order valence-electron chi connectivity index (χ0n) is 8.69. The van der Waals surface area contributed by atoms with Gasteiger partial charge in [-0.3, -0.25) is 0 Å². The van der Waals surface area contributed by atoms with Crippen molar-refractivity contribution in [3.8, 4) is 5.75 Å². The molecule has 0 radical (unpaired) electrons. The van der Waals surface area contributed by atoms with Crippen molar-refractivity contribution in [2.24, 2.45) is 0 Å². The molecule has 2 rings (SSSR count). The molecule has 0 fully saturated rings. The lowest BCUT2D eigenvalue weighted by Gasteiger charge is -2.08. The van der Waals surface area contributed by atoms with E-state index in [1.807, 2.05) is 30.3 Å². The van der Waals surface area contributed by atoms with E-state index in [1.165, 1.54) is 12.1 Å². The van der Waals surface area contributed by atoms with Crippen LogP contribution in [0.2, 0.25) is 0 Å². The third-order valence-corrected chi connectivity index (χ3v) is 2.24. The average molecular weight is 217 g/mol. The molecule has 0 aliphatic rings. The summed E-state index contributed by atoms with van der Waals surface area (Å²) in [6, 6.07) is 13.6. The Hall–Kier alpha value is -2.03. The molecule has 0 saturated carbocycles. The summed E-state index contributed by atoms with van der Waals surface area (Å²) in [5, 5.41) is 0. The van der Waals surface area contributed by atoms with E-state index in [1.54, 1.807) is 6.07 Å². The predicted octanol–water partition coefficient (Wildman–Crippen LogP) is 2.99. The first kappa shape index (κ1) is 10.5. The molecule has 0 saturated heterocycles. The fraction of sp³-hybridized carbons (Fsp3) is 0.0769. The number of ether oxygens (including phenoxy) is 1. The predicted molar refractivity (Wildman–Crippen MR) is 61.6 cm³/mol. The Bertz CT molecular complexity index is 471. The van der Waals surface area contributed by atoms with Crippen molar-refractivity contribution in [2.45, 2.75) is 6.61 Å². The fourth-order valence-corrected chi connectivity index (χ4v) is 1.38. The van der Waals surface area contributed by atoms with Crippen LogP contribution in [0.4, 0.5) is 10.1 Å². The van der Waals surface area contributed by atoms with E-state index < -0.39 is 0 Å². The number of rotatable bonds is 3. The van der Waals surface area contributed by atoms with Gasteiger partial charge in [0, 0.05) is 11.3 Å². The van der Waals surface area contributed by atoms with Crippen molar-refractivity contribution in [2.75, 3.05) is 5.73 Å². The number of halogens is 1. The number of nitrogen functional groups attached to an aromatic ring is 1. The van der Waals surface area contributed by atoms with Crippen LogP contribution in [-0.4, -0.2) is 0 Å². The third kappa shape index (κ3) is 2.51. The monoisotopic (exact) mass is 217 g/mol. The van der Waals surface area contributed by atoms with Crippen molar-refractivity contribution in [1.29, 1.82) is 0 Å². The van der Waals surface area contributed by atoms with E-state index in [0.29, 0.717) is 11.3 Å². The van der Waals surface area contributed by atoms with E-state index >= 15 is 0 Å². The van der Waals surface area contributed by atoms with Crippen LogP contribution >= 0.6 is 0 Å². The second-order valence-corrected chi connectivity index (χ2v) is 3.44. The second-order valence-electron chi connectivity index (χ2n) is 3.44. The van der Waals surface area contributed by atoms with Crippen LogP contribution in [0.5, 0.6) is 5.75 Å². The highest BCUT2D eigenvalue weighted by atomic mass is 19.1. The number of benzene rings is 2. The van der Waals surface area contributed by atoms with Crippen molar-refractivity contribution >= 4 is 5.69 Å². The molecule has 2 nitrogen and oxygen atoms in total. The fourth-order valence-electron chi connectivity index (χ4n) is 1.38. The summed E-state index contributed by atoms with van der Waals surface area (Å²) in [5.74, 6) is 0.437. The zero-order valence-corrected chi connectivity index (χ0v) is 8.69. The van der Waals surface area contributed by atoms with Crippen molar-refractivity contribution < 1.29 is 9.13 Å². The van der Waals surface area contributed by atoms with E-state index in [2.05, 4.69) is 0 Å². The van der Waals surface area contributed by atoms with Gasteiger partial charge < -0.3 is 10.5 Å². The summed E-state index contributed by atoms with van der Waals surface area (Å²) in [4.78, 5) is 0. The minimum atomic E-state index is -0.305. The van der Waals surface area contributed by atoms with Crippen LogP contribution < -0.4 is 10.5 Å². The molecule has 82 valence electrons. The standard InChI is InChI=1S/C13H12FNO/c14-11-6-7-13(15)10(8-11)9-16-12-4-2-1-3-5-12/h1-8H,9,15H2. The number of hydrogen-bond donors (Lipinski definition) is 1. The SMILES string of the molecule is Nc1ccc(F)cc1COc1ccccc1. The highest BCUT2D eigenvalue weighted by Gasteiger charge is 2.02. The summed E-state index contributed by atoms with van der Waals surface area (Å²) >= 11 is 0. The van der Waals surface area contributed by atoms with E-state index in [0.717, 1.165) is 5.75 Å². The molecule has 0 spiro atoms. The first-order valence-electron chi connectivity index (χ1n) is 4.97. The van der Waals surface area contributed by atoms with Crippen molar-refractivity contribution in [3.05, 3.63) is 59.9 Å². The van der Waals surface area contributed by atoms with Gasteiger partial charge in [-0.25, -0.2) is 4.39 Å². The molecule has 0 unspecified atom stereocenters. The molecule has 2 aromatic rings. The number of hydrogen-bond acceptors (Lipinski definition) is 2. The molecule has 2 aromatic carbocycles. The Morgan fingerprint density at radius 3 is 2.56 bits per heavy atom. The second kappa shape index (κ2) is 4.66. The molecular weight excluding hydrogens is 205 g/mol. The van der Waals surface area contributed by atoms with Gasteiger partial charge in [-0.15, -0.1) is 0 Å². The molecule has 0 atom stereocenters. The molecule has 0 aliphatic carbocycles. The van der Waals surface area contributed by atoms with E-state index in [9.17, 15) is 4.39 Å². The first-order chi connectivity index (χ1) is 7.75. The molecule has 0 amide bonds. The topological polar surface area (TPSA) is 35.2 Å². The van der Waals surface area contributed by atoms with E-state index in [-0.39, 0.29) is 12.4 Å². The molecule has 2 N–H and O–H groups in total. The largest absolute Gasteiger partial charge is 0.489 e. The van der Waals surface area contributed by atoms with Gasteiger partial charge in [-0.1, -0.05) is 18.2 Å². The zero-order chi connectivity index (χ0) is 11.4. The number of nitrogens with two attached hydrogens (primary N) is 1. The Balaban J connectivity index is 2.08. The quantitative estimate of drug-likeness (QED) is 0.802. The Morgan fingerprint density at radius 2 is 1.81 bits per heavy atom. The summed E-state index contributed by atoms with van der Waals surface area (Å²) in [5.41, 5.74) is 6.90. The van der Waals surface area contributed by atoms with Gasteiger partial charge in [-0.2, -0.15) is 0 Å². The Kier molecular flexibility index (Phi) is 3.05. The summed E-state index contributed by atoms with van der Waals surface area (Å²) in [6.07, 6.45) is 0. The van der Waals surface area contributed by atoms with Gasteiger partial charge in [-0.05, 0) is 30.3 Å². The maximum atomic E-state index is 13.0. The van der Waals surface area contributed by atoms with Crippen LogP contribution in [0.3, 0.4) is 0 Å². The highest BCUT2D eigenvalue weighted by molar-refractivity contribution is 5.46. The maximum absolute atomic E-state index is 13.0. The van der Waals surface area contributed by atoms with Crippen LogP contribution in [0.1, 0.15) is 5.56 Å². The van der Waals surface area contributed by atoms with Gasteiger partial charge in [0.1, 0.15) is 18.2 Å². The molecule has 0 heterocycles. The highest BCUT2D eigenvalue weighted by Crippen LogP contribution is 2.17. The Labute approximate surface area is 93.5 Å². The lowest BCUT2D eigenvalue weighted by molar-refractivity contribution is 0.306. The van der Waals surface area contributed by atoms with Crippen LogP contribution in [0.15, 0.2) is 48.5 Å². The summed E-state index contributed by atoms with van der Waals surface area (Å²) in [6.45, 7) is 0.271. The summed E-state index contributed by atoms with van der Waals surface area (Å²) in [7, 11) is 0. The van der Waals surface area contributed by atoms with Crippen LogP contribution in [0.25, 0.3) is 0 Å². The molecule has 0 bridgehead atoms. The maximum Gasteiger partial charge on any atom is 0.123 e. The van der Waals surface area contributed by atoms with Gasteiger partial charge in [0.15, 0.2) is 0 Å². The van der Waals surface area contributed by atoms with Gasteiger partial charge in [0.05, 0.1) is 0 Å². The number of para-hydroxylation sites is 1. The van der Waals surface area contributed by atoms with Crippen LogP contribution in [0, 0.1) is 5.82 Å². The van der Waals surface area contributed by atoms with Gasteiger partial charge in [0.2, 0.25) is 0 Å². The smallest absolute Gasteiger partial charge is 0.123 e. The van der Waals surface area contributed by atoms with Crippen molar-refractivity contribution in [1.82, 2.24) is 0 Å². The Morgan fingerprint density at radius 1 is 1.06 bits per heavy atom. The van der Waals surface area contributed by atoms with E-state index in [4.69, 9.17) is 10.5 Å². The molecule has 16 heavy (non-hydrogen) atoms. The normalized spacial score (nSPS) is 10.1. The van der Waals surface area contributed by atoms with Gasteiger partial charge in [0.25, 0.3) is 0 Å². The van der Waals surface area contributed by atoms with Gasteiger partial charge >= 0.3 is 0 Å². The lowest BCUT2D eigenvalue weighted by atomic mass is 10.2. The lowest BCUT2D eigenvalue weighted by Crippen LogP contribution is -2.00. The minimum absolute atomic E-state index is 0.271. The molecular formula is C13H12FNO.